The first kappa shape index (κ1) is 14.3. The van der Waals surface area contributed by atoms with Crippen molar-refractivity contribution in [3.63, 3.8) is 0 Å². The van der Waals surface area contributed by atoms with E-state index < -0.39 is 12.0 Å². The summed E-state index contributed by atoms with van der Waals surface area (Å²) in [6, 6.07) is 3.40. The van der Waals surface area contributed by atoms with Crippen LogP contribution in [0.2, 0.25) is 0 Å². The van der Waals surface area contributed by atoms with Gasteiger partial charge in [0.25, 0.3) is 0 Å². The number of aliphatic carboxylic acids is 1. The Morgan fingerprint density at radius 1 is 1.33 bits per heavy atom. The second-order valence-corrected chi connectivity index (χ2v) is 4.69. The molecule has 5 heteroatoms. The minimum atomic E-state index is -1.03. The van der Waals surface area contributed by atoms with Crippen LogP contribution in [0, 0.1) is 5.92 Å². The average molecular weight is 253 g/mol. The molecule has 1 rings (SSSR count). The zero-order valence-corrected chi connectivity index (χ0v) is 10.5. The summed E-state index contributed by atoms with van der Waals surface area (Å²) in [5.74, 6) is -0.985. The van der Waals surface area contributed by atoms with E-state index in [0.717, 1.165) is 0 Å². The molecule has 0 bridgehead atoms. The Hall–Kier alpha value is -1.75. The average Bonchev–Trinajstić information content (AvgIpc) is 2.31. The standard InChI is InChI=1S/C13H19NO4/c1-7(5-11(14)13(17)18)8(2)10-6-9(15)3-4-12(10)16/h3-4,6-8,11,15-16H,5,14H2,1-2H3,(H,17,18). The molecule has 0 aliphatic carbocycles. The van der Waals surface area contributed by atoms with Gasteiger partial charge in [-0.2, -0.15) is 0 Å². The van der Waals surface area contributed by atoms with Gasteiger partial charge in [0, 0.05) is 5.56 Å². The summed E-state index contributed by atoms with van der Waals surface area (Å²) >= 11 is 0. The lowest BCUT2D eigenvalue weighted by Crippen LogP contribution is -2.32. The van der Waals surface area contributed by atoms with Crippen molar-refractivity contribution in [3.05, 3.63) is 23.8 Å². The highest BCUT2D eigenvalue weighted by atomic mass is 16.4. The molecule has 1 aromatic rings. The SMILES string of the molecule is CC(CC(N)C(=O)O)C(C)c1cc(O)ccc1O. The molecule has 5 nitrogen and oxygen atoms in total. The Bertz CT molecular complexity index is 433. The number of hydrogen-bond donors (Lipinski definition) is 4. The fourth-order valence-electron chi connectivity index (χ4n) is 1.92. The highest BCUT2D eigenvalue weighted by Gasteiger charge is 2.23. The predicted octanol–water partition coefficient (Wildman–Crippen LogP) is 1.64. The molecule has 0 aliphatic rings. The minimum Gasteiger partial charge on any atom is -0.508 e. The topological polar surface area (TPSA) is 104 Å². The van der Waals surface area contributed by atoms with Crippen LogP contribution in [0.3, 0.4) is 0 Å². The molecule has 0 saturated carbocycles. The van der Waals surface area contributed by atoms with Crippen LogP contribution < -0.4 is 5.73 Å². The summed E-state index contributed by atoms with van der Waals surface area (Å²) in [7, 11) is 0. The maximum atomic E-state index is 10.7. The number of carboxylic acids is 1. The normalized spacial score (nSPS) is 15.9. The quantitative estimate of drug-likeness (QED) is 0.597. The predicted molar refractivity (Wildman–Crippen MR) is 67.6 cm³/mol. The third-order valence-electron chi connectivity index (χ3n) is 3.30. The van der Waals surface area contributed by atoms with E-state index in [9.17, 15) is 15.0 Å². The van der Waals surface area contributed by atoms with Crippen molar-refractivity contribution >= 4 is 5.97 Å². The van der Waals surface area contributed by atoms with E-state index in [0.29, 0.717) is 12.0 Å². The Morgan fingerprint density at radius 3 is 2.50 bits per heavy atom. The van der Waals surface area contributed by atoms with Crippen LogP contribution in [-0.4, -0.2) is 27.3 Å². The fraction of sp³-hybridized carbons (Fsp3) is 0.462. The van der Waals surface area contributed by atoms with Crippen LogP contribution in [0.25, 0.3) is 0 Å². The van der Waals surface area contributed by atoms with Gasteiger partial charge in [0.05, 0.1) is 0 Å². The highest BCUT2D eigenvalue weighted by Crippen LogP contribution is 2.35. The minimum absolute atomic E-state index is 0.0243. The van der Waals surface area contributed by atoms with Crippen molar-refractivity contribution < 1.29 is 20.1 Å². The van der Waals surface area contributed by atoms with Crippen molar-refractivity contribution in [1.82, 2.24) is 0 Å². The third kappa shape index (κ3) is 3.37. The molecular weight excluding hydrogens is 234 g/mol. The number of carbonyl (C=O) groups is 1. The van der Waals surface area contributed by atoms with Gasteiger partial charge in [-0.25, -0.2) is 0 Å². The fourth-order valence-corrected chi connectivity index (χ4v) is 1.92. The second-order valence-electron chi connectivity index (χ2n) is 4.69. The van der Waals surface area contributed by atoms with Gasteiger partial charge < -0.3 is 21.1 Å². The van der Waals surface area contributed by atoms with E-state index in [1.807, 2.05) is 13.8 Å². The Labute approximate surface area is 106 Å². The van der Waals surface area contributed by atoms with Crippen LogP contribution in [0.15, 0.2) is 18.2 Å². The first-order chi connectivity index (χ1) is 8.32. The highest BCUT2D eigenvalue weighted by molar-refractivity contribution is 5.73. The molecule has 0 radical (unpaired) electrons. The van der Waals surface area contributed by atoms with Crippen LogP contribution >= 0.6 is 0 Å². The number of rotatable bonds is 5. The van der Waals surface area contributed by atoms with E-state index in [4.69, 9.17) is 10.8 Å². The molecule has 0 heterocycles. The molecule has 3 atom stereocenters. The Balaban J connectivity index is 2.82. The largest absolute Gasteiger partial charge is 0.508 e. The van der Waals surface area contributed by atoms with E-state index in [2.05, 4.69) is 0 Å². The van der Waals surface area contributed by atoms with E-state index in [1.165, 1.54) is 18.2 Å². The summed E-state index contributed by atoms with van der Waals surface area (Å²) in [5.41, 5.74) is 6.09. The second kappa shape index (κ2) is 5.73. The van der Waals surface area contributed by atoms with Gasteiger partial charge in [-0.3, -0.25) is 4.79 Å². The van der Waals surface area contributed by atoms with E-state index in [-0.39, 0.29) is 23.3 Å². The molecule has 100 valence electrons. The molecule has 0 spiro atoms. The number of benzene rings is 1. The molecule has 0 amide bonds. The Morgan fingerprint density at radius 2 is 1.94 bits per heavy atom. The lowest BCUT2D eigenvalue weighted by molar-refractivity contribution is -0.138. The number of nitrogens with two attached hydrogens (primary N) is 1. The van der Waals surface area contributed by atoms with Crippen LogP contribution in [-0.2, 0) is 4.79 Å². The molecule has 0 aliphatic heterocycles. The van der Waals surface area contributed by atoms with Crippen molar-refractivity contribution in [2.24, 2.45) is 11.7 Å². The molecule has 0 fully saturated rings. The smallest absolute Gasteiger partial charge is 0.320 e. The van der Waals surface area contributed by atoms with Gasteiger partial charge in [-0.05, 0) is 36.5 Å². The lowest BCUT2D eigenvalue weighted by atomic mass is 9.84. The van der Waals surface area contributed by atoms with Gasteiger partial charge >= 0.3 is 5.97 Å². The summed E-state index contributed by atoms with van der Waals surface area (Å²) in [6.45, 7) is 3.74. The number of carboxylic acid groups (broad SMARTS) is 1. The number of phenolic OH excluding ortho intramolecular Hbond substituents is 2. The molecule has 0 aromatic heterocycles. The van der Waals surface area contributed by atoms with E-state index >= 15 is 0 Å². The zero-order chi connectivity index (χ0) is 13.9. The lowest BCUT2D eigenvalue weighted by Gasteiger charge is -2.22. The number of phenols is 2. The monoisotopic (exact) mass is 253 g/mol. The van der Waals surface area contributed by atoms with Crippen LogP contribution in [0.4, 0.5) is 0 Å². The van der Waals surface area contributed by atoms with Crippen molar-refractivity contribution in [2.45, 2.75) is 32.2 Å². The summed E-state index contributed by atoms with van der Waals surface area (Å²) < 4.78 is 0. The first-order valence-electron chi connectivity index (χ1n) is 5.83. The van der Waals surface area contributed by atoms with Crippen LogP contribution in [0.1, 0.15) is 31.7 Å². The molecule has 3 unspecified atom stereocenters. The van der Waals surface area contributed by atoms with Gasteiger partial charge in [0.2, 0.25) is 0 Å². The van der Waals surface area contributed by atoms with Crippen molar-refractivity contribution in [2.75, 3.05) is 0 Å². The number of hydrogen-bond acceptors (Lipinski definition) is 4. The zero-order valence-electron chi connectivity index (χ0n) is 10.5. The summed E-state index contributed by atoms with van der Waals surface area (Å²) in [6.07, 6.45) is 0.311. The Kier molecular flexibility index (Phi) is 4.55. The van der Waals surface area contributed by atoms with Crippen molar-refractivity contribution in [3.8, 4) is 11.5 Å². The van der Waals surface area contributed by atoms with Gasteiger partial charge in [-0.15, -0.1) is 0 Å². The van der Waals surface area contributed by atoms with Crippen molar-refractivity contribution in [1.29, 1.82) is 0 Å². The van der Waals surface area contributed by atoms with Gasteiger partial charge in [-0.1, -0.05) is 13.8 Å². The molecular formula is C13H19NO4. The number of aromatic hydroxyl groups is 2. The maximum absolute atomic E-state index is 10.7. The molecule has 18 heavy (non-hydrogen) atoms. The van der Waals surface area contributed by atoms with E-state index in [1.54, 1.807) is 0 Å². The summed E-state index contributed by atoms with van der Waals surface area (Å²) in [5, 5.41) is 27.9. The maximum Gasteiger partial charge on any atom is 0.320 e. The van der Waals surface area contributed by atoms with Crippen LogP contribution in [0.5, 0.6) is 11.5 Å². The molecule has 0 saturated heterocycles. The molecule has 5 N–H and O–H groups in total. The first-order valence-corrected chi connectivity index (χ1v) is 5.83. The third-order valence-corrected chi connectivity index (χ3v) is 3.30. The van der Waals surface area contributed by atoms with Gasteiger partial charge in [0.1, 0.15) is 17.5 Å². The molecule has 1 aromatic carbocycles. The van der Waals surface area contributed by atoms with Gasteiger partial charge in [0.15, 0.2) is 0 Å². The summed E-state index contributed by atoms with van der Waals surface area (Å²) in [4.78, 5) is 10.7.